The molecule has 0 bridgehead atoms. The third-order valence-corrected chi connectivity index (χ3v) is 3.42. The molecule has 6 nitrogen and oxygen atoms in total. The average molecular weight is 282 g/mol. The van der Waals surface area contributed by atoms with Crippen molar-refractivity contribution in [2.24, 2.45) is 11.7 Å². The van der Waals surface area contributed by atoms with Gasteiger partial charge in [0.1, 0.15) is 0 Å². The third-order valence-electron chi connectivity index (χ3n) is 2.18. The highest BCUT2D eigenvalue weighted by Crippen LogP contribution is 2.43. The van der Waals surface area contributed by atoms with Crippen LogP contribution in [0.3, 0.4) is 0 Å². The molecule has 0 fully saturated rings. The Morgan fingerprint density at radius 3 is 2.44 bits per heavy atom. The Balaban J connectivity index is 4.06. The standard InChI is InChI=1S/C11H26NO5P/c1-11(2,3)17-18(14,15)16-9-10(8-13)6-4-5-7-12/h10,13H,4-9,12H2,1-3H3,(H,14,15)/p-1. The molecule has 0 saturated heterocycles. The van der Waals surface area contributed by atoms with Gasteiger partial charge in [0.15, 0.2) is 0 Å². The smallest absolute Gasteiger partial charge is 0.268 e. The maximum absolute atomic E-state index is 11.5. The monoisotopic (exact) mass is 282 g/mol. The van der Waals surface area contributed by atoms with Crippen molar-refractivity contribution in [2.75, 3.05) is 19.8 Å². The molecule has 2 atom stereocenters. The number of phosphoric ester groups is 1. The minimum atomic E-state index is -4.31. The first-order chi connectivity index (χ1) is 8.20. The Bertz CT molecular complexity index is 267. The lowest BCUT2D eigenvalue weighted by atomic mass is 10.0. The van der Waals surface area contributed by atoms with Crippen LogP contribution in [0.15, 0.2) is 0 Å². The second kappa shape index (κ2) is 8.25. The van der Waals surface area contributed by atoms with E-state index >= 15 is 0 Å². The van der Waals surface area contributed by atoms with E-state index in [2.05, 4.69) is 0 Å². The number of aliphatic hydroxyl groups excluding tert-OH is 1. The molecule has 0 rings (SSSR count). The molecule has 110 valence electrons. The molecule has 0 heterocycles. The molecule has 0 spiro atoms. The van der Waals surface area contributed by atoms with Gasteiger partial charge in [0, 0.05) is 12.5 Å². The molecule has 0 amide bonds. The molecule has 0 saturated carbocycles. The van der Waals surface area contributed by atoms with Crippen molar-refractivity contribution < 1.29 is 23.6 Å². The zero-order chi connectivity index (χ0) is 14.2. The number of unbranched alkanes of at least 4 members (excludes halogenated alkanes) is 1. The van der Waals surface area contributed by atoms with Crippen LogP contribution in [0.2, 0.25) is 0 Å². The van der Waals surface area contributed by atoms with E-state index in [4.69, 9.17) is 19.9 Å². The summed E-state index contributed by atoms with van der Waals surface area (Å²) in [6.45, 7) is 5.31. The van der Waals surface area contributed by atoms with Crippen LogP contribution < -0.4 is 10.6 Å². The van der Waals surface area contributed by atoms with Crippen LogP contribution in [-0.2, 0) is 13.6 Å². The summed E-state index contributed by atoms with van der Waals surface area (Å²) in [5.74, 6) is -0.206. The van der Waals surface area contributed by atoms with Gasteiger partial charge < -0.3 is 24.8 Å². The van der Waals surface area contributed by atoms with E-state index in [0.29, 0.717) is 13.0 Å². The number of nitrogens with two attached hydrogens (primary N) is 1. The number of hydrogen-bond acceptors (Lipinski definition) is 6. The van der Waals surface area contributed by atoms with Gasteiger partial charge in [-0.05, 0) is 40.2 Å². The van der Waals surface area contributed by atoms with Crippen LogP contribution >= 0.6 is 7.82 Å². The zero-order valence-corrected chi connectivity index (χ0v) is 12.3. The lowest BCUT2D eigenvalue weighted by Gasteiger charge is -2.31. The first-order valence-electron chi connectivity index (χ1n) is 6.17. The van der Waals surface area contributed by atoms with Gasteiger partial charge >= 0.3 is 0 Å². The van der Waals surface area contributed by atoms with Crippen molar-refractivity contribution in [3.05, 3.63) is 0 Å². The average Bonchev–Trinajstić information content (AvgIpc) is 2.19. The van der Waals surface area contributed by atoms with Crippen molar-refractivity contribution in [1.82, 2.24) is 0 Å². The topological polar surface area (TPSA) is 105 Å². The Labute approximate surface area is 109 Å². The fourth-order valence-corrected chi connectivity index (χ4v) is 2.48. The second-order valence-electron chi connectivity index (χ2n) is 5.28. The molecule has 7 heteroatoms. The summed E-state index contributed by atoms with van der Waals surface area (Å²) in [4.78, 5) is 11.5. The van der Waals surface area contributed by atoms with Crippen LogP contribution in [0.25, 0.3) is 0 Å². The van der Waals surface area contributed by atoms with Crippen molar-refractivity contribution in [3.8, 4) is 0 Å². The van der Waals surface area contributed by atoms with Crippen LogP contribution in [0.5, 0.6) is 0 Å². The molecule has 0 aliphatic carbocycles. The number of aliphatic hydroxyl groups is 1. The van der Waals surface area contributed by atoms with Crippen LogP contribution in [0.4, 0.5) is 0 Å². The summed E-state index contributed by atoms with van der Waals surface area (Å²) < 4.78 is 21.1. The van der Waals surface area contributed by atoms with Crippen LogP contribution in [0, 0.1) is 5.92 Å². The number of rotatable bonds is 9. The fraction of sp³-hybridized carbons (Fsp3) is 1.00. The van der Waals surface area contributed by atoms with E-state index in [1.54, 1.807) is 20.8 Å². The van der Waals surface area contributed by atoms with Gasteiger partial charge in [-0.3, -0.25) is 4.57 Å². The molecular formula is C11H25NO5P-. The lowest BCUT2D eigenvalue weighted by Crippen LogP contribution is -2.24. The van der Waals surface area contributed by atoms with Gasteiger partial charge in [0.05, 0.1) is 12.2 Å². The van der Waals surface area contributed by atoms with E-state index in [0.717, 1.165) is 12.8 Å². The summed E-state index contributed by atoms with van der Waals surface area (Å²) in [6.07, 6.45) is 2.38. The Morgan fingerprint density at radius 2 is 2.00 bits per heavy atom. The highest BCUT2D eigenvalue weighted by Gasteiger charge is 2.21. The summed E-state index contributed by atoms with van der Waals surface area (Å²) in [6, 6.07) is 0. The maximum Gasteiger partial charge on any atom is 0.268 e. The molecular weight excluding hydrogens is 257 g/mol. The third kappa shape index (κ3) is 10.00. The predicted molar refractivity (Wildman–Crippen MR) is 67.9 cm³/mol. The lowest BCUT2D eigenvalue weighted by molar-refractivity contribution is -0.234. The minimum absolute atomic E-state index is 0.0576. The molecule has 0 aromatic heterocycles. The van der Waals surface area contributed by atoms with Gasteiger partial charge in [0.25, 0.3) is 7.82 Å². The van der Waals surface area contributed by atoms with Crippen LogP contribution in [0.1, 0.15) is 40.0 Å². The van der Waals surface area contributed by atoms with Gasteiger partial charge in [-0.1, -0.05) is 6.42 Å². The molecule has 3 N–H and O–H groups in total. The Kier molecular flexibility index (Phi) is 8.26. The van der Waals surface area contributed by atoms with E-state index in [9.17, 15) is 9.46 Å². The van der Waals surface area contributed by atoms with Crippen molar-refractivity contribution in [2.45, 2.75) is 45.6 Å². The fourth-order valence-electron chi connectivity index (χ4n) is 1.36. The van der Waals surface area contributed by atoms with Crippen molar-refractivity contribution >= 4 is 7.82 Å². The molecule has 0 aliphatic rings. The molecule has 18 heavy (non-hydrogen) atoms. The van der Waals surface area contributed by atoms with Crippen molar-refractivity contribution in [1.29, 1.82) is 0 Å². The predicted octanol–water partition coefficient (Wildman–Crippen LogP) is 1.02. The maximum atomic E-state index is 11.5. The summed E-state index contributed by atoms with van der Waals surface area (Å²) in [5.41, 5.74) is 4.55. The normalized spacial score (nSPS) is 17.4. The molecule has 0 radical (unpaired) electrons. The molecule has 0 aliphatic heterocycles. The summed E-state index contributed by atoms with van der Waals surface area (Å²) in [7, 11) is -4.31. The largest absolute Gasteiger partial charge is 0.756 e. The van der Waals surface area contributed by atoms with Gasteiger partial charge in [-0.15, -0.1) is 0 Å². The highest BCUT2D eigenvalue weighted by atomic mass is 31.2. The van der Waals surface area contributed by atoms with Crippen LogP contribution in [-0.4, -0.2) is 30.5 Å². The Hall–Kier alpha value is 0.0300. The van der Waals surface area contributed by atoms with E-state index in [1.165, 1.54) is 0 Å². The zero-order valence-electron chi connectivity index (χ0n) is 11.4. The van der Waals surface area contributed by atoms with E-state index < -0.39 is 13.4 Å². The number of phosphoric acid groups is 1. The molecule has 0 aromatic carbocycles. The second-order valence-corrected chi connectivity index (χ2v) is 6.61. The highest BCUT2D eigenvalue weighted by molar-refractivity contribution is 7.45. The first-order valence-corrected chi connectivity index (χ1v) is 7.63. The Morgan fingerprint density at radius 1 is 1.39 bits per heavy atom. The summed E-state index contributed by atoms with van der Waals surface area (Å²) in [5, 5.41) is 9.11. The molecule has 0 aromatic rings. The summed E-state index contributed by atoms with van der Waals surface area (Å²) >= 11 is 0. The molecule has 2 unspecified atom stereocenters. The quantitative estimate of drug-likeness (QED) is 0.483. The van der Waals surface area contributed by atoms with Gasteiger partial charge in [0.2, 0.25) is 0 Å². The first kappa shape index (κ1) is 18.0. The van der Waals surface area contributed by atoms with Gasteiger partial charge in [-0.25, -0.2) is 0 Å². The minimum Gasteiger partial charge on any atom is -0.756 e. The van der Waals surface area contributed by atoms with E-state index in [-0.39, 0.29) is 19.1 Å². The number of hydrogen-bond donors (Lipinski definition) is 2. The van der Waals surface area contributed by atoms with Crippen molar-refractivity contribution in [3.63, 3.8) is 0 Å². The SMILES string of the molecule is CC(C)(C)OP(=O)([O-])OCC(CO)CCCCN. The van der Waals surface area contributed by atoms with Gasteiger partial charge in [-0.2, -0.15) is 0 Å². The van der Waals surface area contributed by atoms with E-state index in [1.807, 2.05) is 0 Å².